The second-order valence-corrected chi connectivity index (χ2v) is 2.31. The summed E-state index contributed by atoms with van der Waals surface area (Å²) in [5, 5.41) is 0.604. The third-order valence-electron chi connectivity index (χ3n) is 0.238. The molecule has 0 spiro atoms. The van der Waals surface area contributed by atoms with Gasteiger partial charge in [-0.15, -0.1) is 0 Å². The molecule has 4 heteroatoms. The summed E-state index contributed by atoms with van der Waals surface area (Å²) in [5.74, 6) is 0. The van der Waals surface area contributed by atoms with Crippen molar-refractivity contribution in [2.24, 2.45) is 0 Å². The number of hydrogen-bond acceptors (Lipinski definition) is 1. The third kappa shape index (κ3) is 3.81. The maximum Gasteiger partial charge on any atom is 0.0924 e. The number of hydrogen-bond donors (Lipinski definition) is 3. The highest BCUT2D eigenvalue weighted by Gasteiger charge is 1.87. The first-order valence-corrected chi connectivity index (χ1v) is 2.93. The first-order valence-electron chi connectivity index (χ1n) is 1.25. The van der Waals surface area contributed by atoms with E-state index in [1.807, 2.05) is 0 Å². The van der Waals surface area contributed by atoms with Crippen molar-refractivity contribution in [1.82, 2.24) is 0 Å². The summed E-state index contributed by atoms with van der Waals surface area (Å²) in [6, 6.07) is 0. The minimum Gasteiger partial charge on any atom is -0.307 e. The van der Waals surface area contributed by atoms with Gasteiger partial charge in [0, 0.05) is 5.41 Å². The van der Waals surface area contributed by atoms with Gasteiger partial charge in [-0.2, -0.15) is 0 Å². The molecule has 0 aliphatic carbocycles. The monoisotopic (exact) mass is 110 g/mol. The minimum atomic E-state index is -3.88. The SMILES string of the molecule is C=C[SH](=O)(O)O. The third-order valence-corrected chi connectivity index (χ3v) is 0.714. The number of thiol groups is 1. The standard InChI is InChI=1S/C2H6O3S/c1-2-6(3,4)5/h2,6H,1H2,(H2,3,4,5). The fourth-order valence-corrected chi connectivity index (χ4v) is 0. The maximum atomic E-state index is 9.58. The van der Waals surface area contributed by atoms with Gasteiger partial charge in [-0.25, -0.2) is 4.21 Å². The van der Waals surface area contributed by atoms with Crippen LogP contribution in [0.4, 0.5) is 0 Å². The first-order chi connectivity index (χ1) is 2.56. The molecule has 0 aromatic rings. The van der Waals surface area contributed by atoms with E-state index in [0.717, 1.165) is 0 Å². The van der Waals surface area contributed by atoms with Crippen molar-refractivity contribution in [3.8, 4) is 0 Å². The van der Waals surface area contributed by atoms with Gasteiger partial charge < -0.3 is 9.11 Å². The molecule has 0 saturated heterocycles. The van der Waals surface area contributed by atoms with E-state index in [4.69, 9.17) is 9.11 Å². The van der Waals surface area contributed by atoms with E-state index >= 15 is 0 Å². The molecule has 3 nitrogen and oxygen atoms in total. The Morgan fingerprint density at radius 3 is 1.83 bits per heavy atom. The van der Waals surface area contributed by atoms with Crippen molar-refractivity contribution in [2.75, 3.05) is 0 Å². The summed E-state index contributed by atoms with van der Waals surface area (Å²) in [6.07, 6.45) is 0. The smallest absolute Gasteiger partial charge is 0.0924 e. The Balaban J connectivity index is 3.81. The zero-order valence-electron chi connectivity index (χ0n) is 3.03. The minimum absolute atomic E-state index is 0.604. The molecule has 0 aliphatic heterocycles. The van der Waals surface area contributed by atoms with Crippen LogP contribution < -0.4 is 0 Å². The predicted molar refractivity (Wildman–Crippen MR) is 25.0 cm³/mol. The Bertz CT molecular complexity index is 91.0. The summed E-state index contributed by atoms with van der Waals surface area (Å²) in [4.78, 5) is 0. The molecule has 0 unspecified atom stereocenters. The van der Waals surface area contributed by atoms with E-state index in [1.165, 1.54) is 0 Å². The Morgan fingerprint density at radius 2 is 1.83 bits per heavy atom. The highest BCUT2D eigenvalue weighted by Crippen LogP contribution is 1.86. The molecule has 0 bridgehead atoms. The highest BCUT2D eigenvalue weighted by molar-refractivity contribution is 7.95. The summed E-state index contributed by atoms with van der Waals surface area (Å²) in [6.45, 7) is 2.87. The lowest BCUT2D eigenvalue weighted by molar-refractivity contribution is 0.436. The van der Waals surface area contributed by atoms with Crippen molar-refractivity contribution < 1.29 is 13.3 Å². The van der Waals surface area contributed by atoms with Crippen LogP contribution in [0.5, 0.6) is 0 Å². The summed E-state index contributed by atoms with van der Waals surface area (Å²) in [7, 11) is -3.88. The van der Waals surface area contributed by atoms with E-state index in [0.29, 0.717) is 5.41 Å². The summed E-state index contributed by atoms with van der Waals surface area (Å²) in [5.41, 5.74) is 0. The lowest BCUT2D eigenvalue weighted by Gasteiger charge is -1.97. The van der Waals surface area contributed by atoms with Crippen molar-refractivity contribution in [3.05, 3.63) is 12.0 Å². The van der Waals surface area contributed by atoms with Gasteiger partial charge >= 0.3 is 0 Å². The molecule has 0 heterocycles. The molecule has 0 aromatic carbocycles. The molecule has 38 valence electrons. The van der Waals surface area contributed by atoms with Crippen LogP contribution in [0.3, 0.4) is 0 Å². The molecule has 2 N–H and O–H groups in total. The molecule has 6 heavy (non-hydrogen) atoms. The largest absolute Gasteiger partial charge is 0.307 e. The second kappa shape index (κ2) is 1.51. The quantitative estimate of drug-likeness (QED) is 0.419. The molecular weight excluding hydrogens is 104 g/mol. The molecule has 0 amide bonds. The molecule has 0 rings (SSSR count). The molecule has 0 radical (unpaired) electrons. The van der Waals surface area contributed by atoms with Crippen LogP contribution in [0.15, 0.2) is 12.0 Å². The van der Waals surface area contributed by atoms with E-state index in [1.54, 1.807) is 0 Å². The molecular formula is C2H6O3S. The molecule has 0 atom stereocenters. The summed E-state index contributed by atoms with van der Waals surface area (Å²) >= 11 is 0. The summed E-state index contributed by atoms with van der Waals surface area (Å²) < 4.78 is 25.2. The normalized spacial score (nSPS) is 13.7. The van der Waals surface area contributed by atoms with Gasteiger partial charge in [0.1, 0.15) is 0 Å². The van der Waals surface area contributed by atoms with Crippen LogP contribution in [0, 0.1) is 0 Å². The zero-order valence-corrected chi connectivity index (χ0v) is 3.93. The Kier molecular flexibility index (Phi) is 1.46. The van der Waals surface area contributed by atoms with Crippen molar-refractivity contribution in [1.29, 1.82) is 0 Å². The van der Waals surface area contributed by atoms with Crippen LogP contribution in [-0.4, -0.2) is 13.3 Å². The Morgan fingerprint density at radius 1 is 1.67 bits per heavy atom. The van der Waals surface area contributed by atoms with E-state index in [9.17, 15) is 4.21 Å². The average molecular weight is 110 g/mol. The van der Waals surface area contributed by atoms with Crippen molar-refractivity contribution in [3.63, 3.8) is 0 Å². The lowest BCUT2D eigenvalue weighted by atomic mass is 11.3. The second-order valence-electron chi connectivity index (χ2n) is 0.772. The maximum absolute atomic E-state index is 9.58. The van der Waals surface area contributed by atoms with Crippen LogP contribution in [0.2, 0.25) is 0 Å². The molecule has 0 aromatic heterocycles. The fourth-order valence-electron chi connectivity index (χ4n) is 0. The van der Waals surface area contributed by atoms with Gasteiger partial charge in [0.15, 0.2) is 0 Å². The van der Waals surface area contributed by atoms with Gasteiger partial charge in [-0.3, -0.25) is 0 Å². The number of rotatable bonds is 1. The van der Waals surface area contributed by atoms with E-state index in [-0.39, 0.29) is 0 Å². The van der Waals surface area contributed by atoms with Crippen LogP contribution >= 0.6 is 0 Å². The topological polar surface area (TPSA) is 57.5 Å². The lowest BCUT2D eigenvalue weighted by Crippen LogP contribution is -1.99. The molecule has 0 saturated carbocycles. The van der Waals surface area contributed by atoms with E-state index < -0.39 is 10.5 Å². The average Bonchev–Trinajstić information content (AvgIpc) is 1.35. The zero-order chi connectivity index (χ0) is 5.21. The van der Waals surface area contributed by atoms with Crippen molar-refractivity contribution in [2.45, 2.75) is 0 Å². The highest BCUT2D eigenvalue weighted by atomic mass is 32.3. The van der Waals surface area contributed by atoms with Gasteiger partial charge in [0.05, 0.1) is 10.5 Å². The molecule has 0 aliphatic rings. The van der Waals surface area contributed by atoms with Gasteiger partial charge in [-0.05, 0) is 0 Å². The van der Waals surface area contributed by atoms with Crippen molar-refractivity contribution >= 4 is 10.5 Å². The predicted octanol–water partition coefficient (Wildman–Crippen LogP) is 0.0926. The van der Waals surface area contributed by atoms with Crippen LogP contribution in [0.25, 0.3) is 0 Å². The Labute approximate surface area is 36.8 Å². The fraction of sp³-hybridized carbons (Fsp3) is 0. The van der Waals surface area contributed by atoms with Crippen LogP contribution in [0.1, 0.15) is 0 Å². The van der Waals surface area contributed by atoms with Gasteiger partial charge in [0.25, 0.3) is 0 Å². The Hall–Kier alpha value is -0.190. The molecule has 0 fully saturated rings. The first kappa shape index (κ1) is 5.81. The van der Waals surface area contributed by atoms with E-state index in [2.05, 4.69) is 6.58 Å². The van der Waals surface area contributed by atoms with Gasteiger partial charge in [-0.1, -0.05) is 6.58 Å². The van der Waals surface area contributed by atoms with Gasteiger partial charge in [0.2, 0.25) is 0 Å². The van der Waals surface area contributed by atoms with Crippen LogP contribution in [-0.2, 0) is 10.5 Å².